The number of aromatic nitrogens is 2. The lowest BCUT2D eigenvalue weighted by atomic mass is 10.3. The number of hydrogen-bond acceptors (Lipinski definition) is 4. The summed E-state index contributed by atoms with van der Waals surface area (Å²) in [5, 5.41) is 7.30. The summed E-state index contributed by atoms with van der Waals surface area (Å²) in [6, 6.07) is 0.106. The van der Waals surface area contributed by atoms with E-state index in [1.165, 1.54) is 0 Å². The molecule has 0 radical (unpaired) electrons. The highest BCUT2D eigenvalue weighted by atomic mass is 32.2. The van der Waals surface area contributed by atoms with Gasteiger partial charge in [-0.15, -0.1) is 0 Å². The number of hydrogen-bond donors (Lipinski definition) is 2. The van der Waals surface area contributed by atoms with Crippen LogP contribution in [0.3, 0.4) is 0 Å². The van der Waals surface area contributed by atoms with E-state index in [4.69, 9.17) is 0 Å². The highest BCUT2D eigenvalue weighted by Crippen LogP contribution is 2.06. The third-order valence-corrected chi connectivity index (χ3v) is 4.49. The zero-order valence-corrected chi connectivity index (χ0v) is 11.4. The van der Waals surface area contributed by atoms with Gasteiger partial charge in [0.05, 0.1) is 18.5 Å². The molecule has 1 aliphatic rings. The van der Waals surface area contributed by atoms with E-state index in [0.717, 1.165) is 24.9 Å². The zero-order chi connectivity index (χ0) is 13.0. The third-order valence-electron chi connectivity index (χ3n) is 3.01. The number of nitrogens with one attached hydrogen (secondary N) is 2. The van der Waals surface area contributed by atoms with Crippen LogP contribution in [0, 0.1) is 6.92 Å². The summed E-state index contributed by atoms with van der Waals surface area (Å²) in [6.07, 6.45) is 5.66. The molecule has 2 N–H and O–H groups in total. The van der Waals surface area contributed by atoms with Gasteiger partial charge in [-0.05, 0) is 31.9 Å². The summed E-state index contributed by atoms with van der Waals surface area (Å²) in [7, 11) is -3.18. The van der Waals surface area contributed by atoms with E-state index in [2.05, 4.69) is 15.1 Å². The summed E-state index contributed by atoms with van der Waals surface area (Å²) in [5.74, 6) is 0.172. The van der Waals surface area contributed by atoms with Crippen molar-refractivity contribution in [2.45, 2.75) is 32.4 Å². The molecule has 0 spiro atoms. The van der Waals surface area contributed by atoms with Crippen LogP contribution in [0.1, 0.15) is 18.4 Å². The molecular formula is C11H20N4O2S. The normalized spacial score (nSPS) is 20.4. The number of nitrogens with zero attached hydrogens (tertiary/aromatic N) is 2. The molecule has 6 nitrogen and oxygen atoms in total. The Hall–Kier alpha value is -0.920. The Morgan fingerprint density at radius 1 is 1.61 bits per heavy atom. The molecule has 102 valence electrons. The molecule has 7 heteroatoms. The van der Waals surface area contributed by atoms with Crippen LogP contribution >= 0.6 is 0 Å². The highest BCUT2D eigenvalue weighted by molar-refractivity contribution is 7.89. The molecule has 1 unspecified atom stereocenters. The topological polar surface area (TPSA) is 76.0 Å². The lowest BCUT2D eigenvalue weighted by molar-refractivity contribution is 0.548. The molecule has 2 heterocycles. The lowest BCUT2D eigenvalue weighted by Crippen LogP contribution is -2.37. The van der Waals surface area contributed by atoms with E-state index in [-0.39, 0.29) is 11.8 Å². The molecule has 0 amide bonds. The van der Waals surface area contributed by atoms with Gasteiger partial charge in [-0.25, -0.2) is 13.1 Å². The van der Waals surface area contributed by atoms with Crippen LogP contribution in [-0.4, -0.2) is 43.1 Å². The number of rotatable bonds is 6. The fourth-order valence-corrected chi connectivity index (χ4v) is 3.46. The first-order valence-corrected chi connectivity index (χ1v) is 7.90. The first-order valence-electron chi connectivity index (χ1n) is 6.25. The summed E-state index contributed by atoms with van der Waals surface area (Å²) in [4.78, 5) is 0. The fraction of sp³-hybridized carbons (Fsp3) is 0.727. The predicted octanol–water partition coefficient (Wildman–Crippen LogP) is -0.137. The summed E-state index contributed by atoms with van der Waals surface area (Å²) < 4.78 is 28.0. The SMILES string of the molecule is Cc1cnn(CCNS(=O)(=O)CC2CCCN2)c1. The van der Waals surface area contributed by atoms with Crippen molar-refractivity contribution in [1.82, 2.24) is 19.8 Å². The van der Waals surface area contributed by atoms with Crippen LogP contribution < -0.4 is 10.0 Å². The Kier molecular flexibility index (Phi) is 4.36. The van der Waals surface area contributed by atoms with Crippen molar-refractivity contribution in [3.05, 3.63) is 18.0 Å². The van der Waals surface area contributed by atoms with Gasteiger partial charge >= 0.3 is 0 Å². The highest BCUT2D eigenvalue weighted by Gasteiger charge is 2.21. The van der Waals surface area contributed by atoms with E-state index < -0.39 is 10.0 Å². The molecule has 0 aliphatic carbocycles. The van der Waals surface area contributed by atoms with Crippen molar-refractivity contribution in [2.24, 2.45) is 0 Å². The molecule has 1 saturated heterocycles. The van der Waals surface area contributed by atoms with Crippen LogP contribution in [0.2, 0.25) is 0 Å². The quantitative estimate of drug-likeness (QED) is 0.756. The monoisotopic (exact) mass is 272 g/mol. The molecule has 1 fully saturated rings. The van der Waals surface area contributed by atoms with Gasteiger partial charge in [0.1, 0.15) is 0 Å². The average Bonchev–Trinajstić information content (AvgIpc) is 2.89. The van der Waals surface area contributed by atoms with Gasteiger partial charge in [0, 0.05) is 18.8 Å². The van der Waals surface area contributed by atoms with Crippen molar-refractivity contribution in [1.29, 1.82) is 0 Å². The number of sulfonamides is 1. The summed E-state index contributed by atoms with van der Waals surface area (Å²) in [6.45, 7) is 3.83. The first-order chi connectivity index (χ1) is 8.55. The van der Waals surface area contributed by atoms with Gasteiger partial charge in [0.2, 0.25) is 10.0 Å². The standard InChI is InChI=1S/C11H20N4O2S/c1-10-7-13-15(8-10)6-5-14-18(16,17)9-11-3-2-4-12-11/h7-8,11-12,14H,2-6,9H2,1H3. The molecule has 2 rings (SSSR count). The van der Waals surface area contributed by atoms with E-state index in [0.29, 0.717) is 13.1 Å². The number of aryl methyl sites for hydroxylation is 1. The molecule has 1 aromatic heterocycles. The van der Waals surface area contributed by atoms with Crippen LogP contribution in [-0.2, 0) is 16.6 Å². The first kappa shape index (κ1) is 13.5. The Morgan fingerprint density at radius 3 is 3.06 bits per heavy atom. The largest absolute Gasteiger partial charge is 0.313 e. The van der Waals surface area contributed by atoms with Gasteiger partial charge in [-0.1, -0.05) is 0 Å². The molecule has 18 heavy (non-hydrogen) atoms. The smallest absolute Gasteiger partial charge is 0.213 e. The van der Waals surface area contributed by atoms with Crippen LogP contribution in [0.25, 0.3) is 0 Å². The van der Waals surface area contributed by atoms with Crippen molar-refractivity contribution in [2.75, 3.05) is 18.8 Å². The van der Waals surface area contributed by atoms with Crippen molar-refractivity contribution in [3.63, 3.8) is 0 Å². The van der Waals surface area contributed by atoms with Gasteiger partial charge in [0.15, 0.2) is 0 Å². The Balaban J connectivity index is 1.74. The summed E-state index contributed by atoms with van der Waals surface area (Å²) in [5.41, 5.74) is 1.08. The predicted molar refractivity (Wildman–Crippen MR) is 69.8 cm³/mol. The van der Waals surface area contributed by atoms with Crippen molar-refractivity contribution in [3.8, 4) is 0 Å². The molecule has 0 bridgehead atoms. The Labute approximate surface area is 108 Å². The van der Waals surface area contributed by atoms with Crippen molar-refractivity contribution >= 4 is 10.0 Å². The van der Waals surface area contributed by atoms with Crippen LogP contribution in [0.4, 0.5) is 0 Å². The van der Waals surface area contributed by atoms with E-state index in [1.54, 1.807) is 10.9 Å². The third kappa shape index (κ3) is 4.08. The van der Waals surface area contributed by atoms with E-state index in [9.17, 15) is 8.42 Å². The minimum atomic E-state index is -3.18. The second-order valence-corrected chi connectivity index (χ2v) is 6.60. The second kappa shape index (κ2) is 5.81. The van der Waals surface area contributed by atoms with Crippen LogP contribution in [0.15, 0.2) is 12.4 Å². The van der Waals surface area contributed by atoms with Gasteiger partial charge in [-0.2, -0.15) is 5.10 Å². The molecule has 1 atom stereocenters. The molecule has 0 saturated carbocycles. The van der Waals surface area contributed by atoms with Gasteiger partial charge in [0.25, 0.3) is 0 Å². The lowest BCUT2D eigenvalue weighted by Gasteiger charge is -2.11. The maximum absolute atomic E-state index is 11.8. The van der Waals surface area contributed by atoms with Crippen LogP contribution in [0.5, 0.6) is 0 Å². The Morgan fingerprint density at radius 2 is 2.44 bits per heavy atom. The fourth-order valence-electron chi connectivity index (χ4n) is 2.13. The molecule has 1 aliphatic heterocycles. The zero-order valence-electron chi connectivity index (χ0n) is 10.6. The van der Waals surface area contributed by atoms with E-state index >= 15 is 0 Å². The van der Waals surface area contributed by atoms with Gasteiger partial charge < -0.3 is 5.32 Å². The average molecular weight is 272 g/mol. The summed E-state index contributed by atoms with van der Waals surface area (Å²) >= 11 is 0. The maximum atomic E-state index is 11.8. The van der Waals surface area contributed by atoms with E-state index in [1.807, 2.05) is 13.1 Å². The minimum Gasteiger partial charge on any atom is -0.313 e. The molecule has 0 aromatic carbocycles. The second-order valence-electron chi connectivity index (χ2n) is 4.75. The Bertz CT molecular complexity index is 477. The molecular weight excluding hydrogens is 252 g/mol. The van der Waals surface area contributed by atoms with Gasteiger partial charge in [-0.3, -0.25) is 4.68 Å². The van der Waals surface area contributed by atoms with Crippen molar-refractivity contribution < 1.29 is 8.42 Å². The maximum Gasteiger partial charge on any atom is 0.213 e. The minimum absolute atomic E-state index is 0.106. The molecule has 1 aromatic rings.